The van der Waals surface area contributed by atoms with E-state index in [0.29, 0.717) is 0 Å². The topological polar surface area (TPSA) is 0 Å². The molecule has 1 aliphatic carbocycles. The Balaban J connectivity index is 2.47. The first-order valence-corrected chi connectivity index (χ1v) is 4.29. The Kier molecular flexibility index (Phi) is 4.29. The average molecular weight is 146 g/mol. The van der Waals surface area contributed by atoms with E-state index in [9.17, 15) is 0 Å². The van der Waals surface area contributed by atoms with Gasteiger partial charge >= 0.3 is 0 Å². The van der Waals surface area contributed by atoms with E-state index in [-0.39, 0.29) is 0 Å². The maximum atomic E-state index is 3.17. The van der Waals surface area contributed by atoms with Gasteiger partial charge in [0.05, 0.1) is 0 Å². The van der Waals surface area contributed by atoms with Gasteiger partial charge in [0, 0.05) is 0 Å². The predicted molar refractivity (Wildman–Crippen MR) is 48.4 cm³/mol. The number of allylic oxidation sites excluding steroid dienone is 2. The van der Waals surface area contributed by atoms with Gasteiger partial charge in [0.25, 0.3) is 0 Å². The number of rotatable bonds is 0. The Morgan fingerprint density at radius 2 is 1.09 bits per heavy atom. The van der Waals surface area contributed by atoms with Crippen molar-refractivity contribution in [3.05, 3.63) is 35.8 Å². The molecular weight excluding hydrogens is 132 g/mol. The van der Waals surface area contributed by atoms with E-state index in [2.05, 4.69) is 35.8 Å². The first kappa shape index (κ1) is 8.14. The SMILES string of the molecule is C1=CCCC=C=CCCCC=1. The van der Waals surface area contributed by atoms with Gasteiger partial charge in [0.15, 0.2) is 0 Å². The van der Waals surface area contributed by atoms with Crippen LogP contribution in [0.25, 0.3) is 0 Å². The van der Waals surface area contributed by atoms with Crippen LogP contribution in [-0.2, 0) is 0 Å². The molecule has 0 saturated heterocycles. The summed E-state index contributed by atoms with van der Waals surface area (Å²) in [5.74, 6) is 0. The van der Waals surface area contributed by atoms with Crippen LogP contribution in [-0.4, -0.2) is 0 Å². The summed E-state index contributed by atoms with van der Waals surface area (Å²) < 4.78 is 0. The summed E-state index contributed by atoms with van der Waals surface area (Å²) in [6.07, 6.45) is 14.2. The molecule has 11 heavy (non-hydrogen) atoms. The molecule has 0 unspecified atom stereocenters. The Bertz CT molecular complexity index is 184. The quantitative estimate of drug-likeness (QED) is 0.460. The zero-order chi connectivity index (χ0) is 7.78. The number of hydrogen-bond donors (Lipinski definition) is 0. The maximum absolute atomic E-state index is 3.17. The summed E-state index contributed by atoms with van der Waals surface area (Å²) in [4.78, 5) is 0. The van der Waals surface area contributed by atoms with E-state index in [0.717, 1.165) is 25.7 Å². The molecule has 0 heteroatoms. The standard InChI is InChI=1S/C11H14/c1-2-4-6-8-10-11-9-7-5-3-1/h1,5-6,10H,2,4,7,9,11H2. The third-order valence-corrected chi connectivity index (χ3v) is 1.62. The smallest absolute Gasteiger partial charge is 0.0234 e. The fourth-order valence-electron chi connectivity index (χ4n) is 0.989. The fraction of sp³-hybridized carbons (Fsp3) is 0.455. The zero-order valence-corrected chi connectivity index (χ0v) is 6.84. The van der Waals surface area contributed by atoms with Crippen molar-refractivity contribution in [2.24, 2.45) is 0 Å². The minimum Gasteiger partial charge on any atom is -0.130 e. The van der Waals surface area contributed by atoms with Crippen molar-refractivity contribution in [1.29, 1.82) is 0 Å². The monoisotopic (exact) mass is 146 g/mol. The fourth-order valence-corrected chi connectivity index (χ4v) is 0.989. The summed E-state index contributed by atoms with van der Waals surface area (Å²) in [7, 11) is 0. The Morgan fingerprint density at radius 3 is 1.64 bits per heavy atom. The number of hydrogen-bond acceptors (Lipinski definition) is 0. The second-order valence-corrected chi connectivity index (χ2v) is 2.66. The summed E-state index contributed by atoms with van der Waals surface area (Å²) in [6, 6.07) is 0. The minimum atomic E-state index is 1.09. The molecule has 0 N–H and O–H groups in total. The maximum Gasteiger partial charge on any atom is -0.0234 e. The molecule has 0 fully saturated rings. The molecule has 0 aromatic heterocycles. The third-order valence-electron chi connectivity index (χ3n) is 1.62. The highest BCUT2D eigenvalue weighted by Gasteiger charge is 1.80. The lowest BCUT2D eigenvalue weighted by Gasteiger charge is -1.84. The van der Waals surface area contributed by atoms with E-state index in [4.69, 9.17) is 0 Å². The lowest BCUT2D eigenvalue weighted by molar-refractivity contribution is 0.870. The minimum absolute atomic E-state index is 1.09. The van der Waals surface area contributed by atoms with Crippen molar-refractivity contribution in [3.63, 3.8) is 0 Å². The first-order chi connectivity index (χ1) is 5.50. The van der Waals surface area contributed by atoms with Crippen molar-refractivity contribution in [2.45, 2.75) is 32.1 Å². The second-order valence-electron chi connectivity index (χ2n) is 2.66. The van der Waals surface area contributed by atoms with E-state index in [1.807, 2.05) is 0 Å². The molecule has 1 aliphatic rings. The van der Waals surface area contributed by atoms with Gasteiger partial charge in [-0.2, -0.15) is 0 Å². The third kappa shape index (κ3) is 4.44. The lowest BCUT2D eigenvalue weighted by Crippen LogP contribution is -1.65. The van der Waals surface area contributed by atoms with Gasteiger partial charge in [0.2, 0.25) is 0 Å². The van der Waals surface area contributed by atoms with Gasteiger partial charge in [-0.1, -0.05) is 0 Å². The van der Waals surface area contributed by atoms with Crippen molar-refractivity contribution in [3.8, 4) is 0 Å². The molecule has 0 nitrogen and oxygen atoms in total. The Hall–Kier alpha value is -0.960. The summed E-state index contributed by atoms with van der Waals surface area (Å²) in [6.45, 7) is 0. The van der Waals surface area contributed by atoms with Crippen molar-refractivity contribution < 1.29 is 0 Å². The van der Waals surface area contributed by atoms with Crippen LogP contribution in [0.15, 0.2) is 35.8 Å². The van der Waals surface area contributed by atoms with Gasteiger partial charge in [-0.25, -0.2) is 0 Å². The molecule has 0 heterocycles. The molecule has 1 rings (SSSR count). The van der Waals surface area contributed by atoms with Gasteiger partial charge in [-0.05, 0) is 56.4 Å². The van der Waals surface area contributed by atoms with Gasteiger partial charge in [-0.3, -0.25) is 0 Å². The zero-order valence-electron chi connectivity index (χ0n) is 6.84. The molecule has 58 valence electrons. The summed E-state index contributed by atoms with van der Waals surface area (Å²) in [5.41, 5.74) is 6.34. The van der Waals surface area contributed by atoms with Crippen LogP contribution in [0.3, 0.4) is 0 Å². The molecule has 0 aliphatic heterocycles. The second kappa shape index (κ2) is 5.80. The molecule has 0 atom stereocenters. The van der Waals surface area contributed by atoms with Crippen LogP contribution in [0.4, 0.5) is 0 Å². The molecule has 0 amide bonds. The van der Waals surface area contributed by atoms with Crippen LogP contribution in [0.1, 0.15) is 32.1 Å². The molecule has 0 saturated carbocycles. The molecular formula is C11H14. The molecule has 0 bridgehead atoms. The highest BCUT2D eigenvalue weighted by molar-refractivity contribution is 4.91. The van der Waals surface area contributed by atoms with Crippen molar-refractivity contribution >= 4 is 0 Å². The van der Waals surface area contributed by atoms with Gasteiger partial charge in [0.1, 0.15) is 0 Å². The van der Waals surface area contributed by atoms with Crippen LogP contribution in [0, 0.1) is 0 Å². The highest BCUT2D eigenvalue weighted by Crippen LogP contribution is 1.99. The molecule has 0 radical (unpaired) electrons. The normalized spacial score (nSPS) is 18.2. The summed E-state index contributed by atoms with van der Waals surface area (Å²) in [5, 5.41) is 0. The lowest BCUT2D eigenvalue weighted by atomic mass is 10.2. The molecule has 0 spiro atoms. The highest BCUT2D eigenvalue weighted by atomic mass is 13.9. The van der Waals surface area contributed by atoms with Crippen molar-refractivity contribution in [2.75, 3.05) is 0 Å². The molecule has 0 aromatic carbocycles. The van der Waals surface area contributed by atoms with Crippen LogP contribution >= 0.6 is 0 Å². The van der Waals surface area contributed by atoms with E-state index < -0.39 is 0 Å². The molecule has 0 aromatic rings. The van der Waals surface area contributed by atoms with Crippen LogP contribution < -0.4 is 0 Å². The van der Waals surface area contributed by atoms with Gasteiger partial charge in [-0.15, -0.1) is 11.5 Å². The summed E-state index contributed by atoms with van der Waals surface area (Å²) >= 11 is 0. The Labute approximate surface area is 68.6 Å². The van der Waals surface area contributed by atoms with E-state index in [1.54, 1.807) is 0 Å². The van der Waals surface area contributed by atoms with Gasteiger partial charge < -0.3 is 0 Å². The van der Waals surface area contributed by atoms with E-state index >= 15 is 0 Å². The predicted octanol–water partition coefficient (Wildman–Crippen LogP) is 3.37. The average Bonchev–Trinajstić information content (AvgIpc) is 2.08. The largest absolute Gasteiger partial charge is 0.130 e. The first-order valence-electron chi connectivity index (χ1n) is 4.29. The Morgan fingerprint density at radius 1 is 0.636 bits per heavy atom. The van der Waals surface area contributed by atoms with Crippen LogP contribution in [0.5, 0.6) is 0 Å². The van der Waals surface area contributed by atoms with Crippen LogP contribution in [0.2, 0.25) is 0 Å². The van der Waals surface area contributed by atoms with Crippen molar-refractivity contribution in [1.82, 2.24) is 0 Å². The van der Waals surface area contributed by atoms with E-state index in [1.165, 1.54) is 6.42 Å².